The zero-order valence-electron chi connectivity index (χ0n) is 10.3. The Balaban J connectivity index is 4.43. The molecule has 0 bridgehead atoms. The molecule has 0 aliphatic carbocycles. The maximum absolute atomic E-state index is 11.7. The van der Waals surface area contributed by atoms with E-state index in [-0.39, 0.29) is 12.5 Å². The summed E-state index contributed by atoms with van der Waals surface area (Å²) < 4.78 is 0. The van der Waals surface area contributed by atoms with E-state index in [4.69, 9.17) is 5.11 Å². The van der Waals surface area contributed by atoms with Crippen molar-refractivity contribution < 1.29 is 19.5 Å². The first-order valence-corrected chi connectivity index (χ1v) is 5.41. The number of nitrogens with zero attached hydrogens (tertiary/aromatic N) is 1. The van der Waals surface area contributed by atoms with Gasteiger partial charge in [-0.25, -0.2) is 4.79 Å². The molecule has 0 heterocycles. The highest BCUT2D eigenvalue weighted by Gasteiger charge is 2.20. The Morgan fingerprint density at radius 2 is 1.94 bits per heavy atom. The summed E-state index contributed by atoms with van der Waals surface area (Å²) in [5.41, 5.74) is 0. The van der Waals surface area contributed by atoms with Crippen LogP contribution in [0.2, 0.25) is 0 Å². The molecule has 7 nitrogen and oxygen atoms in total. The van der Waals surface area contributed by atoms with Crippen molar-refractivity contribution in [3.05, 3.63) is 0 Å². The molecule has 3 N–H and O–H groups in total. The second kappa shape index (κ2) is 7.48. The van der Waals surface area contributed by atoms with Gasteiger partial charge in [-0.1, -0.05) is 6.92 Å². The van der Waals surface area contributed by atoms with Crippen molar-refractivity contribution in [1.29, 1.82) is 0 Å². The van der Waals surface area contributed by atoms with E-state index in [1.807, 2.05) is 6.92 Å². The fourth-order valence-electron chi connectivity index (χ4n) is 1.11. The lowest BCUT2D eigenvalue weighted by atomic mass is 10.3. The number of carbonyl (C=O) groups excluding carboxylic acids is 2. The van der Waals surface area contributed by atoms with Gasteiger partial charge < -0.3 is 20.6 Å². The third-order valence-electron chi connectivity index (χ3n) is 2.10. The molecule has 3 amide bonds. The molecular weight excluding hydrogens is 226 g/mol. The van der Waals surface area contributed by atoms with Crippen LogP contribution in [0.3, 0.4) is 0 Å². The highest BCUT2D eigenvalue weighted by atomic mass is 16.4. The maximum Gasteiger partial charge on any atom is 0.325 e. The predicted molar refractivity (Wildman–Crippen MR) is 61.6 cm³/mol. The molecule has 0 aliphatic heterocycles. The Morgan fingerprint density at radius 1 is 1.35 bits per heavy atom. The number of nitrogens with one attached hydrogen (secondary N) is 2. The molecular formula is C10H19N3O4. The van der Waals surface area contributed by atoms with Crippen molar-refractivity contribution in [3.8, 4) is 0 Å². The van der Waals surface area contributed by atoms with Gasteiger partial charge in [-0.05, 0) is 13.3 Å². The van der Waals surface area contributed by atoms with Crippen LogP contribution in [0.4, 0.5) is 4.79 Å². The SMILES string of the molecule is CCCN(CC(=O)NC)C(=O)NC(C)C(=O)O. The molecule has 0 saturated carbocycles. The number of carboxylic acid groups (broad SMARTS) is 1. The topological polar surface area (TPSA) is 98.7 Å². The van der Waals surface area contributed by atoms with Crippen LogP contribution in [0.25, 0.3) is 0 Å². The van der Waals surface area contributed by atoms with Crippen molar-refractivity contribution >= 4 is 17.9 Å². The summed E-state index contributed by atoms with van der Waals surface area (Å²) in [5.74, 6) is -1.41. The van der Waals surface area contributed by atoms with Gasteiger partial charge in [0.25, 0.3) is 0 Å². The van der Waals surface area contributed by atoms with Crippen molar-refractivity contribution in [2.45, 2.75) is 26.3 Å². The number of aliphatic carboxylic acids is 1. The zero-order valence-corrected chi connectivity index (χ0v) is 10.3. The Kier molecular flexibility index (Phi) is 6.69. The Bertz CT molecular complexity index is 293. The molecule has 0 aromatic heterocycles. The Hall–Kier alpha value is -1.79. The standard InChI is InChI=1S/C10H19N3O4/c1-4-5-13(6-8(14)11-3)10(17)12-7(2)9(15)16/h7H,4-6H2,1-3H3,(H,11,14)(H,12,17)(H,15,16). The quantitative estimate of drug-likeness (QED) is 0.594. The largest absolute Gasteiger partial charge is 0.480 e. The summed E-state index contributed by atoms with van der Waals surface area (Å²) in [6, 6.07) is -1.53. The highest BCUT2D eigenvalue weighted by molar-refractivity contribution is 5.86. The van der Waals surface area contributed by atoms with E-state index in [1.165, 1.54) is 18.9 Å². The fraction of sp³-hybridized carbons (Fsp3) is 0.700. The van der Waals surface area contributed by atoms with Gasteiger partial charge >= 0.3 is 12.0 Å². The van der Waals surface area contributed by atoms with Crippen LogP contribution in [-0.4, -0.2) is 54.1 Å². The van der Waals surface area contributed by atoms with Crippen LogP contribution in [0.15, 0.2) is 0 Å². The average molecular weight is 245 g/mol. The summed E-state index contributed by atoms with van der Waals surface area (Å²) >= 11 is 0. The summed E-state index contributed by atoms with van der Waals surface area (Å²) in [4.78, 5) is 34.7. The van der Waals surface area contributed by atoms with Crippen molar-refractivity contribution in [2.75, 3.05) is 20.1 Å². The summed E-state index contributed by atoms with van der Waals surface area (Å²) in [6.45, 7) is 3.54. The second-order valence-electron chi connectivity index (χ2n) is 3.60. The first-order valence-electron chi connectivity index (χ1n) is 5.41. The molecule has 0 saturated heterocycles. The third kappa shape index (κ3) is 5.74. The number of urea groups is 1. The zero-order chi connectivity index (χ0) is 13.4. The fourth-order valence-corrected chi connectivity index (χ4v) is 1.11. The normalized spacial score (nSPS) is 11.5. The monoisotopic (exact) mass is 245 g/mol. The van der Waals surface area contributed by atoms with E-state index >= 15 is 0 Å². The van der Waals surface area contributed by atoms with Gasteiger partial charge in [0, 0.05) is 13.6 Å². The molecule has 0 spiro atoms. The van der Waals surface area contributed by atoms with Gasteiger partial charge in [0.2, 0.25) is 5.91 Å². The molecule has 17 heavy (non-hydrogen) atoms. The van der Waals surface area contributed by atoms with E-state index in [9.17, 15) is 14.4 Å². The maximum atomic E-state index is 11.7. The molecule has 0 aromatic rings. The summed E-state index contributed by atoms with van der Waals surface area (Å²) in [5, 5.41) is 13.4. The molecule has 1 atom stereocenters. The summed E-state index contributed by atoms with van der Waals surface area (Å²) in [6.07, 6.45) is 0.686. The average Bonchev–Trinajstić information content (AvgIpc) is 2.27. The van der Waals surface area contributed by atoms with Gasteiger partial charge in [-0.3, -0.25) is 9.59 Å². The number of hydrogen-bond donors (Lipinski definition) is 3. The van der Waals surface area contributed by atoms with Gasteiger partial charge in [-0.2, -0.15) is 0 Å². The van der Waals surface area contributed by atoms with Gasteiger partial charge in [0.15, 0.2) is 0 Å². The minimum atomic E-state index is -1.12. The smallest absolute Gasteiger partial charge is 0.325 e. The lowest BCUT2D eigenvalue weighted by molar-refractivity contribution is -0.138. The van der Waals surface area contributed by atoms with Gasteiger partial charge in [0.05, 0.1) is 0 Å². The molecule has 7 heteroatoms. The van der Waals surface area contributed by atoms with Crippen LogP contribution >= 0.6 is 0 Å². The number of likely N-dealkylation sites (N-methyl/N-ethyl adjacent to an activating group) is 1. The molecule has 0 aliphatic rings. The van der Waals surface area contributed by atoms with Gasteiger partial charge in [0.1, 0.15) is 12.6 Å². The second-order valence-corrected chi connectivity index (χ2v) is 3.60. The van der Waals surface area contributed by atoms with E-state index in [0.29, 0.717) is 13.0 Å². The van der Waals surface area contributed by atoms with Crippen LogP contribution in [-0.2, 0) is 9.59 Å². The van der Waals surface area contributed by atoms with Crippen LogP contribution < -0.4 is 10.6 Å². The predicted octanol–water partition coefficient (Wildman–Crippen LogP) is -0.373. The van der Waals surface area contributed by atoms with Crippen LogP contribution in [0, 0.1) is 0 Å². The summed E-state index contributed by atoms with van der Waals surface area (Å²) in [7, 11) is 1.48. The van der Waals surface area contributed by atoms with E-state index in [2.05, 4.69) is 10.6 Å². The van der Waals surface area contributed by atoms with Crippen molar-refractivity contribution in [3.63, 3.8) is 0 Å². The Labute approximate surface area is 100 Å². The molecule has 0 fully saturated rings. The van der Waals surface area contributed by atoms with Crippen molar-refractivity contribution in [2.24, 2.45) is 0 Å². The van der Waals surface area contributed by atoms with Crippen LogP contribution in [0.1, 0.15) is 20.3 Å². The third-order valence-corrected chi connectivity index (χ3v) is 2.10. The van der Waals surface area contributed by atoms with Gasteiger partial charge in [-0.15, -0.1) is 0 Å². The highest BCUT2D eigenvalue weighted by Crippen LogP contribution is 1.94. The van der Waals surface area contributed by atoms with E-state index in [1.54, 1.807) is 0 Å². The van der Waals surface area contributed by atoms with Crippen LogP contribution in [0.5, 0.6) is 0 Å². The number of amides is 3. The molecule has 1 unspecified atom stereocenters. The van der Waals surface area contributed by atoms with E-state index in [0.717, 1.165) is 0 Å². The van der Waals surface area contributed by atoms with Crippen molar-refractivity contribution in [1.82, 2.24) is 15.5 Å². The number of carbonyl (C=O) groups is 3. The number of rotatable bonds is 6. The minimum Gasteiger partial charge on any atom is -0.480 e. The Morgan fingerprint density at radius 3 is 2.35 bits per heavy atom. The molecule has 98 valence electrons. The lowest BCUT2D eigenvalue weighted by Crippen LogP contribution is -2.49. The first-order chi connectivity index (χ1) is 7.92. The molecule has 0 aromatic carbocycles. The number of hydrogen-bond acceptors (Lipinski definition) is 3. The molecule has 0 radical (unpaired) electrons. The number of carboxylic acids is 1. The van der Waals surface area contributed by atoms with E-state index < -0.39 is 18.0 Å². The minimum absolute atomic E-state index is 0.0808. The first kappa shape index (κ1) is 15.2. The lowest BCUT2D eigenvalue weighted by Gasteiger charge is -2.22. The molecule has 0 rings (SSSR count).